The third-order valence-electron chi connectivity index (χ3n) is 1.75. The highest BCUT2D eigenvalue weighted by molar-refractivity contribution is 5.84. The number of rotatable bonds is 1. The average Bonchev–Trinajstić information content (AvgIpc) is 2.38. The first-order valence-corrected chi connectivity index (χ1v) is 4.00. The normalized spacial score (nSPS) is 14.1. The van der Waals surface area contributed by atoms with E-state index in [-0.39, 0.29) is 6.61 Å². The van der Waals surface area contributed by atoms with Crippen molar-refractivity contribution in [1.82, 2.24) is 0 Å². The van der Waals surface area contributed by atoms with E-state index in [0.29, 0.717) is 5.76 Å². The minimum absolute atomic E-state index is 0.133. The Bertz CT molecular complexity index is 369. The number of aliphatic hydroxyl groups is 1. The molecule has 3 heteroatoms. The summed E-state index contributed by atoms with van der Waals surface area (Å²) in [4.78, 5) is 3.99. The van der Waals surface area contributed by atoms with Crippen molar-refractivity contribution in [2.24, 2.45) is 4.99 Å². The first kappa shape index (κ1) is 8.01. The van der Waals surface area contributed by atoms with Gasteiger partial charge in [-0.3, -0.25) is 4.99 Å². The first-order valence-electron chi connectivity index (χ1n) is 4.00. The maximum atomic E-state index is 8.87. The predicted molar refractivity (Wildman–Crippen MR) is 49.8 cm³/mol. The molecule has 0 atom stereocenters. The lowest BCUT2D eigenvalue weighted by atomic mass is 10.2. The van der Waals surface area contributed by atoms with Crippen LogP contribution in [0.5, 0.6) is 5.75 Å². The number of hydrogen-bond acceptors (Lipinski definition) is 3. The smallest absolute Gasteiger partial charge is 0.148 e. The fourth-order valence-corrected chi connectivity index (χ4v) is 1.12. The van der Waals surface area contributed by atoms with Crippen LogP contribution in [0, 0.1) is 0 Å². The Labute approximate surface area is 76.0 Å². The summed E-state index contributed by atoms with van der Waals surface area (Å²) in [6, 6.07) is 7.55. The Hall–Kier alpha value is -1.61. The number of aliphatic hydroxyl groups excluding tert-OH is 1. The molecule has 1 aromatic carbocycles. The maximum absolute atomic E-state index is 8.87. The van der Waals surface area contributed by atoms with Gasteiger partial charge < -0.3 is 9.84 Å². The molecule has 0 saturated heterocycles. The van der Waals surface area contributed by atoms with Crippen molar-refractivity contribution in [1.29, 1.82) is 0 Å². The van der Waals surface area contributed by atoms with E-state index in [4.69, 9.17) is 9.84 Å². The Morgan fingerprint density at radius 1 is 1.31 bits per heavy atom. The summed E-state index contributed by atoms with van der Waals surface area (Å²) < 4.78 is 5.39. The summed E-state index contributed by atoms with van der Waals surface area (Å²) in [5, 5.41) is 8.87. The van der Waals surface area contributed by atoms with Gasteiger partial charge >= 0.3 is 0 Å². The molecule has 0 aromatic heterocycles. The topological polar surface area (TPSA) is 41.8 Å². The van der Waals surface area contributed by atoms with Crippen LogP contribution in [0.15, 0.2) is 41.2 Å². The number of benzene rings is 1. The van der Waals surface area contributed by atoms with Crippen LogP contribution >= 0.6 is 0 Å². The standard InChI is InChI=1S/C10H9NO2/c12-7-9-6-11-5-8-3-1-2-4-10(8)13-9/h1-6,12H,7H2. The largest absolute Gasteiger partial charge is 0.457 e. The second kappa shape index (κ2) is 3.41. The van der Waals surface area contributed by atoms with Gasteiger partial charge in [-0.1, -0.05) is 12.1 Å². The maximum Gasteiger partial charge on any atom is 0.148 e. The second-order valence-electron chi connectivity index (χ2n) is 2.67. The lowest BCUT2D eigenvalue weighted by Crippen LogP contribution is -1.99. The molecule has 0 aliphatic carbocycles. The van der Waals surface area contributed by atoms with Gasteiger partial charge in [0.25, 0.3) is 0 Å². The molecule has 1 aromatic rings. The summed E-state index contributed by atoms with van der Waals surface area (Å²) in [5.41, 5.74) is 0.919. The Kier molecular flexibility index (Phi) is 2.10. The van der Waals surface area contributed by atoms with E-state index in [1.807, 2.05) is 24.3 Å². The van der Waals surface area contributed by atoms with Crippen LogP contribution in [-0.2, 0) is 0 Å². The van der Waals surface area contributed by atoms with Crippen molar-refractivity contribution in [3.05, 3.63) is 41.8 Å². The monoisotopic (exact) mass is 175 g/mol. The molecular formula is C10H9NO2. The van der Waals surface area contributed by atoms with E-state index < -0.39 is 0 Å². The SMILES string of the molecule is OCC1=CN=Cc2ccccc2O1. The van der Waals surface area contributed by atoms with Crippen LogP contribution < -0.4 is 4.74 Å². The third-order valence-corrected chi connectivity index (χ3v) is 1.75. The number of ether oxygens (including phenoxy) is 1. The van der Waals surface area contributed by atoms with E-state index >= 15 is 0 Å². The van der Waals surface area contributed by atoms with Gasteiger partial charge in [-0.15, -0.1) is 0 Å². The van der Waals surface area contributed by atoms with Gasteiger partial charge in [0.2, 0.25) is 0 Å². The summed E-state index contributed by atoms with van der Waals surface area (Å²) >= 11 is 0. The molecule has 3 nitrogen and oxygen atoms in total. The van der Waals surface area contributed by atoms with Gasteiger partial charge in [-0.2, -0.15) is 0 Å². The summed E-state index contributed by atoms with van der Waals surface area (Å²) in [6.45, 7) is -0.133. The molecule has 1 aliphatic rings. The molecule has 0 unspecified atom stereocenters. The van der Waals surface area contributed by atoms with Crippen LogP contribution in [0.25, 0.3) is 0 Å². The molecule has 0 saturated carbocycles. The fraction of sp³-hybridized carbons (Fsp3) is 0.100. The summed E-state index contributed by atoms with van der Waals surface area (Å²) in [6.07, 6.45) is 3.22. The van der Waals surface area contributed by atoms with E-state index in [0.717, 1.165) is 11.3 Å². The van der Waals surface area contributed by atoms with Crippen LogP contribution in [0.4, 0.5) is 0 Å². The van der Waals surface area contributed by atoms with E-state index in [1.165, 1.54) is 6.20 Å². The van der Waals surface area contributed by atoms with E-state index in [9.17, 15) is 0 Å². The van der Waals surface area contributed by atoms with Crippen molar-refractivity contribution in [2.45, 2.75) is 0 Å². The molecule has 0 bridgehead atoms. The zero-order valence-corrected chi connectivity index (χ0v) is 6.97. The van der Waals surface area contributed by atoms with Gasteiger partial charge in [-0.25, -0.2) is 0 Å². The van der Waals surface area contributed by atoms with Crippen molar-refractivity contribution in [2.75, 3.05) is 6.61 Å². The molecule has 1 heterocycles. The highest BCUT2D eigenvalue weighted by Crippen LogP contribution is 2.20. The van der Waals surface area contributed by atoms with E-state index in [1.54, 1.807) is 6.21 Å². The van der Waals surface area contributed by atoms with Gasteiger partial charge in [0.1, 0.15) is 18.1 Å². The van der Waals surface area contributed by atoms with Crippen LogP contribution in [-0.4, -0.2) is 17.9 Å². The predicted octanol–water partition coefficient (Wildman–Crippen LogP) is 1.33. The highest BCUT2D eigenvalue weighted by atomic mass is 16.5. The summed E-state index contributed by atoms with van der Waals surface area (Å²) in [7, 11) is 0. The number of nitrogens with zero attached hydrogens (tertiary/aromatic N) is 1. The molecule has 66 valence electrons. The van der Waals surface area contributed by atoms with Crippen LogP contribution in [0.2, 0.25) is 0 Å². The molecule has 0 spiro atoms. The Morgan fingerprint density at radius 2 is 2.15 bits per heavy atom. The summed E-state index contributed by atoms with van der Waals surface area (Å²) in [5.74, 6) is 1.19. The van der Waals surface area contributed by atoms with Gasteiger partial charge in [0, 0.05) is 11.8 Å². The third kappa shape index (κ3) is 1.60. The Balaban J connectivity index is 2.40. The van der Waals surface area contributed by atoms with Gasteiger partial charge in [-0.05, 0) is 12.1 Å². The van der Waals surface area contributed by atoms with Crippen LogP contribution in [0.1, 0.15) is 5.56 Å². The lowest BCUT2D eigenvalue weighted by molar-refractivity contribution is 0.262. The molecule has 0 fully saturated rings. The number of fused-ring (bicyclic) bond motifs is 1. The zero-order valence-electron chi connectivity index (χ0n) is 6.97. The number of hydrogen-bond donors (Lipinski definition) is 1. The minimum Gasteiger partial charge on any atom is -0.457 e. The number of aliphatic imine (C=N–C) groups is 1. The van der Waals surface area contributed by atoms with Gasteiger partial charge in [0.05, 0.1) is 6.20 Å². The molecular weight excluding hydrogens is 166 g/mol. The lowest BCUT2D eigenvalue weighted by Gasteiger charge is -2.06. The molecule has 0 radical (unpaired) electrons. The molecule has 2 rings (SSSR count). The fourth-order valence-electron chi connectivity index (χ4n) is 1.12. The molecule has 1 aliphatic heterocycles. The van der Waals surface area contributed by atoms with Crippen molar-refractivity contribution in [3.8, 4) is 5.75 Å². The molecule has 1 N–H and O–H groups in total. The van der Waals surface area contributed by atoms with Crippen molar-refractivity contribution in [3.63, 3.8) is 0 Å². The van der Waals surface area contributed by atoms with Crippen molar-refractivity contribution >= 4 is 6.21 Å². The zero-order chi connectivity index (χ0) is 9.10. The Morgan fingerprint density at radius 3 is 3.00 bits per heavy atom. The average molecular weight is 175 g/mol. The number of para-hydroxylation sites is 1. The second-order valence-corrected chi connectivity index (χ2v) is 2.67. The van der Waals surface area contributed by atoms with Crippen molar-refractivity contribution < 1.29 is 9.84 Å². The molecule has 13 heavy (non-hydrogen) atoms. The highest BCUT2D eigenvalue weighted by Gasteiger charge is 2.06. The van der Waals surface area contributed by atoms with Gasteiger partial charge in [0.15, 0.2) is 0 Å². The first-order chi connectivity index (χ1) is 6.40. The quantitative estimate of drug-likeness (QED) is 0.699. The van der Waals surface area contributed by atoms with Crippen LogP contribution in [0.3, 0.4) is 0 Å². The molecule has 0 amide bonds. The minimum atomic E-state index is -0.133. The van der Waals surface area contributed by atoms with E-state index in [2.05, 4.69) is 4.99 Å².